The van der Waals surface area contributed by atoms with Crippen molar-refractivity contribution in [2.75, 3.05) is 6.61 Å². The normalized spacial score (nSPS) is 20.7. The Hall–Kier alpha value is -2.24. The van der Waals surface area contributed by atoms with Crippen molar-refractivity contribution in [2.45, 2.75) is 77.9 Å². The Kier molecular flexibility index (Phi) is 10.3. The molecule has 7 N–H and O–H groups in total. The Bertz CT molecular complexity index is 610. The van der Waals surface area contributed by atoms with Crippen LogP contribution in [0.2, 0.25) is 0 Å². The van der Waals surface area contributed by atoms with Gasteiger partial charge < -0.3 is 27.3 Å². The van der Waals surface area contributed by atoms with Crippen LogP contribution in [-0.2, 0) is 9.53 Å². The van der Waals surface area contributed by atoms with Crippen LogP contribution in [-0.4, -0.2) is 30.6 Å². The summed E-state index contributed by atoms with van der Waals surface area (Å²) in [6.45, 7) is 6.86. The van der Waals surface area contributed by atoms with Crippen molar-refractivity contribution < 1.29 is 9.53 Å². The minimum atomic E-state index is -0.652. The highest BCUT2D eigenvalue weighted by molar-refractivity contribution is 5.96. The van der Waals surface area contributed by atoms with Crippen LogP contribution in [0.5, 0.6) is 0 Å². The highest BCUT2D eigenvalue weighted by Crippen LogP contribution is 2.21. The van der Waals surface area contributed by atoms with Crippen molar-refractivity contribution in [2.24, 2.45) is 22.2 Å². The zero-order valence-electron chi connectivity index (χ0n) is 16.9. The van der Waals surface area contributed by atoms with Gasteiger partial charge in [0.05, 0.1) is 17.4 Å². The van der Waals surface area contributed by atoms with Crippen molar-refractivity contribution in [1.29, 1.82) is 0 Å². The predicted octanol–water partition coefficient (Wildman–Crippen LogP) is 2.19. The standard InChI is InChI=1S/C20H35N5O2/c1-4-7-14(5-2)12-18(21)17(19(22)26)13-24-20(23)25-15-8-10-16(11-9-15)27-6-3/h13,15-16H,4-11,21H2,1-3H3,(H2,22,26)(H3,23,24,25)/b17-13+/t12?,15-,16-. The van der Waals surface area contributed by atoms with Gasteiger partial charge in [0.25, 0.3) is 5.91 Å². The van der Waals surface area contributed by atoms with Crippen LogP contribution >= 0.6 is 0 Å². The highest BCUT2D eigenvalue weighted by Gasteiger charge is 2.21. The predicted molar refractivity (Wildman–Crippen MR) is 110 cm³/mol. The van der Waals surface area contributed by atoms with Crippen LogP contribution in [0, 0.1) is 0 Å². The SMILES string of the molecule is CCCC(=C=C(N)/C(=C\N=C(/N)N[C@H]1CC[C@H](OCC)CC1)C(N)=O)CC. The molecule has 1 aliphatic carbocycles. The maximum Gasteiger partial charge on any atom is 0.253 e. The summed E-state index contributed by atoms with van der Waals surface area (Å²) in [5.74, 6) is -0.407. The van der Waals surface area contributed by atoms with Gasteiger partial charge in [-0.05, 0) is 51.0 Å². The molecule has 1 aliphatic rings. The molecule has 0 bridgehead atoms. The molecule has 1 fully saturated rings. The number of primary amides is 1. The van der Waals surface area contributed by atoms with Gasteiger partial charge in [-0.25, -0.2) is 4.99 Å². The highest BCUT2D eigenvalue weighted by atomic mass is 16.5. The van der Waals surface area contributed by atoms with Crippen LogP contribution in [0.3, 0.4) is 0 Å². The Morgan fingerprint density at radius 3 is 2.37 bits per heavy atom. The molecule has 0 saturated heterocycles. The zero-order valence-corrected chi connectivity index (χ0v) is 16.9. The quantitative estimate of drug-likeness (QED) is 0.161. The van der Waals surface area contributed by atoms with Gasteiger partial charge in [-0.1, -0.05) is 26.0 Å². The minimum Gasteiger partial charge on any atom is -0.392 e. The molecule has 152 valence electrons. The fourth-order valence-electron chi connectivity index (χ4n) is 3.14. The number of nitrogens with one attached hydrogen (secondary N) is 1. The zero-order chi connectivity index (χ0) is 20.2. The molecular weight excluding hydrogens is 342 g/mol. The van der Waals surface area contributed by atoms with E-state index in [1.807, 2.05) is 13.8 Å². The second-order valence-corrected chi connectivity index (χ2v) is 6.74. The topological polar surface area (TPSA) is 129 Å². The molecule has 0 atom stereocenters. The van der Waals surface area contributed by atoms with Gasteiger partial charge in [-0.2, -0.15) is 0 Å². The number of nitrogens with zero attached hydrogens (tertiary/aromatic N) is 1. The Balaban J connectivity index is 2.82. The average Bonchev–Trinajstić information content (AvgIpc) is 2.63. The lowest BCUT2D eigenvalue weighted by Gasteiger charge is -2.29. The van der Waals surface area contributed by atoms with Crippen molar-refractivity contribution in [3.8, 4) is 0 Å². The second-order valence-electron chi connectivity index (χ2n) is 6.74. The molecule has 0 unspecified atom stereocenters. The summed E-state index contributed by atoms with van der Waals surface area (Å²) in [4.78, 5) is 15.9. The number of amides is 1. The number of ether oxygens (including phenoxy) is 1. The molecule has 1 saturated carbocycles. The number of carbonyl (C=O) groups is 1. The Morgan fingerprint density at radius 1 is 1.19 bits per heavy atom. The molecule has 1 rings (SSSR count). The molecule has 0 heterocycles. The van der Waals surface area contributed by atoms with E-state index in [-0.39, 0.29) is 23.3 Å². The average molecular weight is 378 g/mol. The van der Waals surface area contributed by atoms with E-state index in [4.69, 9.17) is 21.9 Å². The number of hydrogen-bond donors (Lipinski definition) is 4. The number of guanidine groups is 1. The van der Waals surface area contributed by atoms with Crippen molar-refractivity contribution in [1.82, 2.24) is 5.32 Å². The summed E-state index contributed by atoms with van der Waals surface area (Å²) in [5.41, 5.74) is 21.8. The summed E-state index contributed by atoms with van der Waals surface area (Å²) < 4.78 is 5.65. The molecule has 0 aromatic rings. The molecule has 0 aromatic heterocycles. The van der Waals surface area contributed by atoms with Crippen LogP contribution in [0.4, 0.5) is 0 Å². The molecule has 7 heteroatoms. The van der Waals surface area contributed by atoms with E-state index in [0.717, 1.165) is 57.1 Å². The van der Waals surface area contributed by atoms with Gasteiger partial charge in [0.2, 0.25) is 0 Å². The molecule has 1 amide bonds. The lowest BCUT2D eigenvalue weighted by molar-refractivity contribution is -0.114. The summed E-state index contributed by atoms with van der Waals surface area (Å²) in [6.07, 6.45) is 8.26. The molecule has 0 spiro atoms. The van der Waals surface area contributed by atoms with Crippen molar-refractivity contribution in [3.05, 3.63) is 28.8 Å². The van der Waals surface area contributed by atoms with Gasteiger partial charge in [0, 0.05) is 18.8 Å². The van der Waals surface area contributed by atoms with E-state index >= 15 is 0 Å². The number of carbonyl (C=O) groups excluding carboxylic acids is 1. The summed E-state index contributed by atoms with van der Waals surface area (Å²) >= 11 is 0. The molecule has 0 aliphatic heterocycles. The van der Waals surface area contributed by atoms with Crippen LogP contribution in [0.25, 0.3) is 0 Å². The van der Waals surface area contributed by atoms with Crippen LogP contribution in [0.1, 0.15) is 65.7 Å². The largest absolute Gasteiger partial charge is 0.392 e. The lowest BCUT2D eigenvalue weighted by atomic mass is 9.93. The first-order valence-corrected chi connectivity index (χ1v) is 9.87. The molecule has 0 radical (unpaired) electrons. The molecular formula is C20H35N5O2. The van der Waals surface area contributed by atoms with E-state index in [1.54, 1.807) is 0 Å². The Morgan fingerprint density at radius 2 is 1.85 bits per heavy atom. The fourth-order valence-corrected chi connectivity index (χ4v) is 3.14. The number of rotatable bonds is 9. The smallest absolute Gasteiger partial charge is 0.253 e. The number of aliphatic imine (C=N–C) groups is 1. The summed E-state index contributed by atoms with van der Waals surface area (Å²) in [5, 5.41) is 3.19. The molecule has 27 heavy (non-hydrogen) atoms. The summed E-state index contributed by atoms with van der Waals surface area (Å²) in [7, 11) is 0. The van der Waals surface area contributed by atoms with E-state index in [1.165, 1.54) is 6.20 Å². The molecule has 7 nitrogen and oxygen atoms in total. The van der Waals surface area contributed by atoms with Crippen LogP contribution < -0.4 is 22.5 Å². The third kappa shape index (κ3) is 8.33. The van der Waals surface area contributed by atoms with Crippen molar-refractivity contribution in [3.63, 3.8) is 0 Å². The van der Waals surface area contributed by atoms with Gasteiger partial charge in [-0.3, -0.25) is 4.79 Å². The Labute approximate surface area is 162 Å². The maximum atomic E-state index is 11.7. The van der Waals surface area contributed by atoms with E-state index in [0.29, 0.717) is 6.10 Å². The monoisotopic (exact) mass is 377 g/mol. The third-order valence-electron chi connectivity index (χ3n) is 4.61. The van der Waals surface area contributed by atoms with E-state index < -0.39 is 5.91 Å². The first-order valence-electron chi connectivity index (χ1n) is 9.87. The first-order chi connectivity index (χ1) is 12.9. The van der Waals surface area contributed by atoms with E-state index in [9.17, 15) is 4.79 Å². The molecule has 0 aromatic carbocycles. The van der Waals surface area contributed by atoms with E-state index in [2.05, 4.69) is 23.0 Å². The minimum absolute atomic E-state index is 0.113. The second kappa shape index (κ2) is 12.2. The van der Waals surface area contributed by atoms with Crippen molar-refractivity contribution >= 4 is 11.9 Å². The van der Waals surface area contributed by atoms with Gasteiger partial charge >= 0.3 is 0 Å². The fraction of sp³-hybridized carbons (Fsp3) is 0.650. The van der Waals surface area contributed by atoms with Gasteiger partial charge in [0.15, 0.2) is 5.96 Å². The van der Waals surface area contributed by atoms with Crippen LogP contribution in [0.15, 0.2) is 33.8 Å². The lowest BCUT2D eigenvalue weighted by Crippen LogP contribution is -2.42. The number of hydrogen-bond acceptors (Lipinski definition) is 4. The van der Waals surface area contributed by atoms with Gasteiger partial charge in [-0.15, -0.1) is 0 Å². The summed E-state index contributed by atoms with van der Waals surface area (Å²) in [6, 6.07) is 0.250. The van der Waals surface area contributed by atoms with Gasteiger partial charge in [0.1, 0.15) is 0 Å². The first kappa shape index (κ1) is 22.8. The maximum absolute atomic E-state index is 11.7. The third-order valence-corrected chi connectivity index (χ3v) is 4.61. The number of nitrogens with two attached hydrogens (primary N) is 3.